The van der Waals surface area contributed by atoms with Crippen LogP contribution in [-0.2, 0) is 19.6 Å². The number of carbonyl (C=O) groups is 2. The summed E-state index contributed by atoms with van der Waals surface area (Å²) in [6.45, 7) is 5.02. The zero-order valence-corrected chi connectivity index (χ0v) is 18.3. The van der Waals surface area contributed by atoms with Gasteiger partial charge in [0.2, 0.25) is 10.0 Å². The lowest BCUT2D eigenvalue weighted by molar-refractivity contribution is -0.123. The molecular weight excluding hydrogens is 416 g/mol. The van der Waals surface area contributed by atoms with Crippen LogP contribution in [0.25, 0.3) is 10.8 Å². The van der Waals surface area contributed by atoms with Crippen LogP contribution in [0.2, 0.25) is 0 Å². The molecule has 0 saturated heterocycles. The number of sulfonamides is 1. The molecule has 3 aromatic rings. The molecule has 0 saturated carbocycles. The van der Waals surface area contributed by atoms with E-state index >= 15 is 0 Å². The lowest BCUT2D eigenvalue weighted by atomic mass is 10.1. The molecule has 2 N–H and O–H groups in total. The summed E-state index contributed by atoms with van der Waals surface area (Å²) < 4.78 is 32.1. The highest BCUT2D eigenvalue weighted by Gasteiger charge is 2.22. The third-order valence-corrected chi connectivity index (χ3v) is 6.29. The number of hydrogen-bond donors (Lipinski definition) is 2. The van der Waals surface area contributed by atoms with Gasteiger partial charge in [0.1, 0.15) is 0 Å². The van der Waals surface area contributed by atoms with Crippen molar-refractivity contribution < 1.29 is 22.7 Å². The molecule has 31 heavy (non-hydrogen) atoms. The van der Waals surface area contributed by atoms with Crippen molar-refractivity contribution >= 4 is 38.4 Å². The van der Waals surface area contributed by atoms with E-state index in [9.17, 15) is 18.0 Å². The average Bonchev–Trinajstić information content (AvgIpc) is 2.73. The van der Waals surface area contributed by atoms with Crippen molar-refractivity contribution in [2.75, 3.05) is 11.9 Å². The number of amides is 1. The van der Waals surface area contributed by atoms with Crippen LogP contribution >= 0.6 is 0 Å². The molecule has 0 bridgehead atoms. The highest BCUT2D eigenvalue weighted by Crippen LogP contribution is 2.20. The molecule has 0 aliphatic rings. The Morgan fingerprint density at radius 3 is 2.42 bits per heavy atom. The summed E-state index contributed by atoms with van der Waals surface area (Å²) in [6, 6.07) is 17.4. The summed E-state index contributed by atoms with van der Waals surface area (Å²) in [5.41, 5.74) is 1.22. The van der Waals surface area contributed by atoms with Gasteiger partial charge in [0.25, 0.3) is 5.91 Å². The Bertz CT molecular complexity index is 1240. The summed E-state index contributed by atoms with van der Waals surface area (Å²) in [4.78, 5) is 25.1. The first-order valence-electron chi connectivity index (χ1n) is 9.82. The predicted octanol–water partition coefficient (Wildman–Crippen LogP) is 3.63. The summed E-state index contributed by atoms with van der Waals surface area (Å²) in [7, 11) is -3.72. The SMILES string of the molecule is CCNS(=O)(=O)c1ccc(C)c(C(=O)OC(C)C(=O)Nc2ccc3ccccc3c2)c1. The molecule has 0 aliphatic carbocycles. The smallest absolute Gasteiger partial charge is 0.339 e. The lowest BCUT2D eigenvalue weighted by Crippen LogP contribution is -2.30. The second-order valence-electron chi connectivity index (χ2n) is 7.08. The zero-order chi connectivity index (χ0) is 22.6. The second-order valence-corrected chi connectivity index (χ2v) is 8.84. The fraction of sp³-hybridized carbons (Fsp3) is 0.217. The minimum atomic E-state index is -3.72. The molecule has 0 spiro atoms. The van der Waals surface area contributed by atoms with Crippen LogP contribution in [0.3, 0.4) is 0 Å². The number of fused-ring (bicyclic) bond motifs is 1. The minimum Gasteiger partial charge on any atom is -0.449 e. The Kier molecular flexibility index (Phi) is 6.72. The third-order valence-electron chi connectivity index (χ3n) is 4.74. The van der Waals surface area contributed by atoms with Gasteiger partial charge >= 0.3 is 5.97 Å². The fourth-order valence-electron chi connectivity index (χ4n) is 3.05. The number of aryl methyl sites for hydroxylation is 1. The average molecular weight is 441 g/mol. The van der Waals surface area contributed by atoms with E-state index < -0.39 is 28.0 Å². The molecule has 0 heterocycles. The molecule has 0 aromatic heterocycles. The van der Waals surface area contributed by atoms with Gasteiger partial charge in [-0.15, -0.1) is 0 Å². The molecule has 0 aliphatic heterocycles. The first kappa shape index (κ1) is 22.5. The summed E-state index contributed by atoms with van der Waals surface area (Å²) in [5.74, 6) is -1.26. The zero-order valence-electron chi connectivity index (χ0n) is 17.5. The van der Waals surface area contributed by atoms with Crippen LogP contribution in [-0.4, -0.2) is 32.9 Å². The maximum Gasteiger partial charge on any atom is 0.339 e. The van der Waals surface area contributed by atoms with Crippen molar-refractivity contribution in [2.45, 2.75) is 31.8 Å². The normalized spacial score (nSPS) is 12.4. The number of anilines is 1. The van der Waals surface area contributed by atoms with Gasteiger partial charge in [-0.1, -0.05) is 43.3 Å². The monoisotopic (exact) mass is 440 g/mol. The van der Waals surface area contributed by atoms with E-state index in [0.29, 0.717) is 11.3 Å². The van der Waals surface area contributed by atoms with Crippen LogP contribution in [0.5, 0.6) is 0 Å². The molecular formula is C23H24N2O5S. The van der Waals surface area contributed by atoms with E-state index in [-0.39, 0.29) is 17.0 Å². The highest BCUT2D eigenvalue weighted by atomic mass is 32.2. The minimum absolute atomic E-state index is 0.0415. The Morgan fingerprint density at radius 1 is 1.00 bits per heavy atom. The van der Waals surface area contributed by atoms with Gasteiger partial charge < -0.3 is 10.1 Å². The number of carbonyl (C=O) groups excluding carboxylic acids is 2. The van der Waals surface area contributed by atoms with E-state index in [4.69, 9.17) is 4.74 Å². The Labute approximate surface area is 181 Å². The van der Waals surface area contributed by atoms with E-state index in [2.05, 4.69) is 10.0 Å². The van der Waals surface area contributed by atoms with Gasteiger partial charge in [-0.3, -0.25) is 4.79 Å². The molecule has 0 radical (unpaired) electrons. The van der Waals surface area contributed by atoms with Gasteiger partial charge in [0.05, 0.1) is 10.5 Å². The molecule has 1 unspecified atom stereocenters. The molecule has 0 fully saturated rings. The van der Waals surface area contributed by atoms with Crippen LogP contribution in [0.15, 0.2) is 65.6 Å². The molecule has 1 amide bonds. The van der Waals surface area contributed by atoms with Crippen LogP contribution in [0.1, 0.15) is 29.8 Å². The van der Waals surface area contributed by atoms with Crippen molar-refractivity contribution in [1.29, 1.82) is 0 Å². The van der Waals surface area contributed by atoms with E-state index in [1.165, 1.54) is 25.1 Å². The van der Waals surface area contributed by atoms with Gasteiger partial charge in [0, 0.05) is 12.2 Å². The van der Waals surface area contributed by atoms with E-state index in [1.54, 1.807) is 19.9 Å². The fourth-order valence-corrected chi connectivity index (χ4v) is 4.12. The molecule has 8 heteroatoms. The number of esters is 1. The van der Waals surface area contributed by atoms with Crippen molar-refractivity contribution in [3.05, 3.63) is 71.8 Å². The van der Waals surface area contributed by atoms with E-state index in [0.717, 1.165) is 10.8 Å². The van der Waals surface area contributed by atoms with Gasteiger partial charge in [0.15, 0.2) is 6.10 Å². The first-order valence-corrected chi connectivity index (χ1v) is 11.3. The van der Waals surface area contributed by atoms with Gasteiger partial charge in [-0.2, -0.15) is 0 Å². The predicted molar refractivity (Wildman–Crippen MR) is 119 cm³/mol. The maximum atomic E-state index is 12.6. The van der Waals surface area contributed by atoms with E-state index in [1.807, 2.05) is 36.4 Å². The van der Waals surface area contributed by atoms with Crippen LogP contribution < -0.4 is 10.0 Å². The number of rotatable bonds is 7. The number of hydrogen-bond acceptors (Lipinski definition) is 5. The molecule has 3 aromatic carbocycles. The Balaban J connectivity index is 1.72. The van der Waals surface area contributed by atoms with Gasteiger partial charge in [-0.25, -0.2) is 17.9 Å². The van der Waals surface area contributed by atoms with Crippen molar-refractivity contribution in [1.82, 2.24) is 4.72 Å². The molecule has 1 atom stereocenters. The standard InChI is InChI=1S/C23H24N2O5S/c1-4-24-31(28,29)20-12-9-15(2)21(14-20)23(27)30-16(3)22(26)25-19-11-10-17-7-5-6-8-18(17)13-19/h5-14,16,24H,4H2,1-3H3,(H,25,26). The topological polar surface area (TPSA) is 102 Å². The Hall–Kier alpha value is -3.23. The third kappa shape index (κ3) is 5.28. The van der Waals surface area contributed by atoms with Crippen LogP contribution in [0, 0.1) is 6.92 Å². The largest absolute Gasteiger partial charge is 0.449 e. The van der Waals surface area contributed by atoms with Crippen molar-refractivity contribution in [2.24, 2.45) is 0 Å². The lowest BCUT2D eigenvalue weighted by Gasteiger charge is -2.15. The number of ether oxygens (including phenoxy) is 1. The second kappa shape index (κ2) is 9.28. The van der Waals surface area contributed by atoms with Crippen molar-refractivity contribution in [3.8, 4) is 0 Å². The summed E-state index contributed by atoms with van der Waals surface area (Å²) >= 11 is 0. The van der Waals surface area contributed by atoms with Crippen LogP contribution in [0.4, 0.5) is 5.69 Å². The summed E-state index contributed by atoms with van der Waals surface area (Å²) in [6.07, 6.45) is -1.08. The summed E-state index contributed by atoms with van der Waals surface area (Å²) in [5, 5.41) is 4.75. The molecule has 7 nitrogen and oxygen atoms in total. The first-order chi connectivity index (χ1) is 14.7. The molecule has 3 rings (SSSR count). The number of benzene rings is 3. The van der Waals surface area contributed by atoms with Gasteiger partial charge in [-0.05, 0) is 54.4 Å². The van der Waals surface area contributed by atoms with Crippen molar-refractivity contribution in [3.63, 3.8) is 0 Å². The highest BCUT2D eigenvalue weighted by molar-refractivity contribution is 7.89. The molecule has 162 valence electrons. The Morgan fingerprint density at radius 2 is 1.71 bits per heavy atom. The number of nitrogens with one attached hydrogen (secondary N) is 2. The quantitative estimate of drug-likeness (QED) is 0.546. The maximum absolute atomic E-state index is 12.6.